The number of rotatable bonds is 1. The van der Waals surface area contributed by atoms with Gasteiger partial charge in [-0.1, -0.05) is 0 Å². The molecule has 1 spiro atoms. The zero-order valence-electron chi connectivity index (χ0n) is 6.88. The fraction of sp³-hybridized carbons (Fsp3) is 0.875. The van der Waals surface area contributed by atoms with Crippen molar-refractivity contribution in [1.29, 1.82) is 0 Å². The van der Waals surface area contributed by atoms with Gasteiger partial charge < -0.3 is 15.2 Å². The molecule has 0 aliphatic carbocycles. The Morgan fingerprint density at radius 3 is 2.58 bits per heavy atom. The molecule has 1 unspecified atom stereocenters. The average Bonchev–Trinajstić information content (AvgIpc) is 2.03. The van der Waals surface area contributed by atoms with Gasteiger partial charge in [0.15, 0.2) is 0 Å². The van der Waals surface area contributed by atoms with Crippen LogP contribution in [-0.4, -0.2) is 36.4 Å². The summed E-state index contributed by atoms with van der Waals surface area (Å²) in [5.41, 5.74) is -0.135. The SMILES string of the molecule is O=C(O)C1CNC12CCOCC2. The van der Waals surface area contributed by atoms with Crippen LogP contribution in [0.3, 0.4) is 0 Å². The summed E-state index contributed by atoms with van der Waals surface area (Å²) < 4.78 is 5.20. The molecule has 68 valence electrons. The molecule has 2 aliphatic rings. The maximum absolute atomic E-state index is 10.8. The molecule has 2 N–H and O–H groups in total. The lowest BCUT2D eigenvalue weighted by Gasteiger charge is -2.50. The molecule has 2 aliphatic heterocycles. The maximum Gasteiger partial charge on any atom is 0.309 e. The molecular weight excluding hydrogens is 158 g/mol. The molecule has 4 heteroatoms. The van der Waals surface area contributed by atoms with Gasteiger partial charge in [-0.3, -0.25) is 4.79 Å². The Kier molecular flexibility index (Phi) is 1.81. The Labute approximate surface area is 70.9 Å². The Bertz CT molecular complexity index is 198. The number of aliphatic carboxylic acids is 1. The summed E-state index contributed by atoms with van der Waals surface area (Å²) >= 11 is 0. The molecule has 0 aromatic carbocycles. The van der Waals surface area contributed by atoms with Crippen LogP contribution in [-0.2, 0) is 9.53 Å². The molecule has 0 aromatic rings. The lowest BCUT2D eigenvalue weighted by Crippen LogP contribution is -2.69. The van der Waals surface area contributed by atoms with E-state index >= 15 is 0 Å². The highest BCUT2D eigenvalue weighted by Gasteiger charge is 2.50. The minimum atomic E-state index is -0.671. The van der Waals surface area contributed by atoms with Crippen molar-refractivity contribution in [2.45, 2.75) is 18.4 Å². The van der Waals surface area contributed by atoms with E-state index in [-0.39, 0.29) is 11.5 Å². The van der Waals surface area contributed by atoms with Gasteiger partial charge in [0.05, 0.1) is 5.92 Å². The largest absolute Gasteiger partial charge is 0.481 e. The Morgan fingerprint density at radius 1 is 1.50 bits per heavy atom. The van der Waals surface area contributed by atoms with E-state index in [9.17, 15) is 4.79 Å². The summed E-state index contributed by atoms with van der Waals surface area (Å²) in [6.45, 7) is 2.00. The van der Waals surface area contributed by atoms with Crippen molar-refractivity contribution >= 4 is 5.97 Å². The number of ether oxygens (including phenoxy) is 1. The first kappa shape index (κ1) is 8.01. The highest BCUT2D eigenvalue weighted by atomic mass is 16.5. The first-order chi connectivity index (χ1) is 5.75. The van der Waals surface area contributed by atoms with Crippen LogP contribution in [0.25, 0.3) is 0 Å². The molecule has 4 nitrogen and oxygen atoms in total. The molecule has 0 amide bonds. The van der Waals surface area contributed by atoms with Gasteiger partial charge in [-0.15, -0.1) is 0 Å². The lowest BCUT2D eigenvalue weighted by molar-refractivity contribution is -0.153. The summed E-state index contributed by atoms with van der Waals surface area (Å²) in [5, 5.41) is 12.1. The molecule has 0 aromatic heterocycles. The maximum atomic E-state index is 10.8. The highest BCUT2D eigenvalue weighted by Crippen LogP contribution is 2.35. The quantitative estimate of drug-likeness (QED) is 0.575. The fourth-order valence-corrected chi connectivity index (χ4v) is 2.08. The van der Waals surface area contributed by atoms with Crippen molar-refractivity contribution in [2.75, 3.05) is 19.8 Å². The smallest absolute Gasteiger partial charge is 0.309 e. The van der Waals surface area contributed by atoms with Crippen LogP contribution in [0.5, 0.6) is 0 Å². The number of nitrogens with one attached hydrogen (secondary N) is 1. The van der Waals surface area contributed by atoms with E-state index in [0.29, 0.717) is 19.8 Å². The lowest BCUT2D eigenvalue weighted by atomic mass is 9.71. The van der Waals surface area contributed by atoms with E-state index < -0.39 is 5.97 Å². The third kappa shape index (κ3) is 1.03. The first-order valence-corrected chi connectivity index (χ1v) is 4.30. The van der Waals surface area contributed by atoms with Crippen LogP contribution >= 0.6 is 0 Å². The Balaban J connectivity index is 2.05. The molecule has 2 rings (SSSR count). The molecule has 2 saturated heterocycles. The van der Waals surface area contributed by atoms with Crippen molar-refractivity contribution in [2.24, 2.45) is 5.92 Å². The van der Waals surface area contributed by atoms with Crippen LogP contribution < -0.4 is 5.32 Å². The second-order valence-corrected chi connectivity index (χ2v) is 3.54. The summed E-state index contributed by atoms with van der Waals surface area (Å²) in [5.74, 6) is -0.864. The van der Waals surface area contributed by atoms with Crippen LogP contribution in [0.4, 0.5) is 0 Å². The number of carboxylic acids is 1. The molecule has 0 saturated carbocycles. The van der Waals surface area contributed by atoms with Crippen molar-refractivity contribution in [3.8, 4) is 0 Å². The van der Waals surface area contributed by atoms with E-state index in [0.717, 1.165) is 12.8 Å². The molecule has 2 fully saturated rings. The topological polar surface area (TPSA) is 58.6 Å². The number of carboxylic acid groups (broad SMARTS) is 1. The van der Waals surface area contributed by atoms with E-state index in [1.807, 2.05) is 0 Å². The van der Waals surface area contributed by atoms with Gasteiger partial charge in [0.1, 0.15) is 0 Å². The summed E-state index contributed by atoms with van der Waals surface area (Å²) in [6, 6.07) is 0. The first-order valence-electron chi connectivity index (χ1n) is 4.30. The fourth-order valence-electron chi connectivity index (χ4n) is 2.08. The summed E-state index contributed by atoms with van der Waals surface area (Å²) in [6.07, 6.45) is 1.67. The predicted molar refractivity (Wildman–Crippen MR) is 41.9 cm³/mol. The molecule has 12 heavy (non-hydrogen) atoms. The van der Waals surface area contributed by atoms with Crippen LogP contribution in [0, 0.1) is 5.92 Å². The Hall–Kier alpha value is -0.610. The van der Waals surface area contributed by atoms with Gasteiger partial charge in [0, 0.05) is 25.3 Å². The van der Waals surface area contributed by atoms with Crippen LogP contribution in [0.1, 0.15) is 12.8 Å². The monoisotopic (exact) mass is 171 g/mol. The van der Waals surface area contributed by atoms with Gasteiger partial charge in [-0.05, 0) is 12.8 Å². The van der Waals surface area contributed by atoms with E-state index in [1.165, 1.54) is 0 Å². The second kappa shape index (κ2) is 2.71. The van der Waals surface area contributed by atoms with Crippen molar-refractivity contribution in [1.82, 2.24) is 5.32 Å². The highest BCUT2D eigenvalue weighted by molar-refractivity contribution is 5.73. The average molecular weight is 171 g/mol. The van der Waals surface area contributed by atoms with Crippen LogP contribution in [0.15, 0.2) is 0 Å². The predicted octanol–water partition coefficient (Wildman–Crippen LogP) is -0.160. The minimum Gasteiger partial charge on any atom is -0.481 e. The van der Waals surface area contributed by atoms with Gasteiger partial charge in [-0.25, -0.2) is 0 Å². The third-order valence-electron chi connectivity index (χ3n) is 3.01. The molecule has 1 atom stereocenters. The molecule has 0 radical (unpaired) electrons. The molecule has 0 bridgehead atoms. The number of hydrogen-bond donors (Lipinski definition) is 2. The number of hydrogen-bond acceptors (Lipinski definition) is 3. The minimum absolute atomic E-state index is 0.135. The standard InChI is InChI=1S/C8H13NO3/c10-7(11)6-5-9-8(6)1-3-12-4-2-8/h6,9H,1-5H2,(H,10,11). The van der Waals surface area contributed by atoms with Gasteiger partial charge >= 0.3 is 5.97 Å². The van der Waals surface area contributed by atoms with Crippen molar-refractivity contribution < 1.29 is 14.6 Å². The summed E-state index contributed by atoms with van der Waals surface area (Å²) in [4.78, 5) is 10.8. The van der Waals surface area contributed by atoms with E-state index in [4.69, 9.17) is 9.84 Å². The number of carbonyl (C=O) groups is 1. The second-order valence-electron chi connectivity index (χ2n) is 3.54. The zero-order chi connectivity index (χ0) is 8.60. The third-order valence-corrected chi connectivity index (χ3v) is 3.01. The van der Waals surface area contributed by atoms with Crippen molar-refractivity contribution in [3.63, 3.8) is 0 Å². The van der Waals surface area contributed by atoms with Gasteiger partial charge in [0.25, 0.3) is 0 Å². The van der Waals surface area contributed by atoms with Gasteiger partial charge in [-0.2, -0.15) is 0 Å². The molecular formula is C8H13NO3. The Morgan fingerprint density at radius 2 is 2.17 bits per heavy atom. The van der Waals surface area contributed by atoms with Crippen LogP contribution in [0.2, 0.25) is 0 Å². The summed E-state index contributed by atoms with van der Waals surface area (Å²) in [7, 11) is 0. The van der Waals surface area contributed by atoms with Crippen molar-refractivity contribution in [3.05, 3.63) is 0 Å². The van der Waals surface area contributed by atoms with Gasteiger partial charge in [0.2, 0.25) is 0 Å². The van der Waals surface area contributed by atoms with E-state index in [2.05, 4.69) is 5.32 Å². The van der Waals surface area contributed by atoms with E-state index in [1.54, 1.807) is 0 Å². The normalized spacial score (nSPS) is 32.8. The molecule has 2 heterocycles. The zero-order valence-corrected chi connectivity index (χ0v) is 6.88.